The summed E-state index contributed by atoms with van der Waals surface area (Å²) in [7, 11) is 0. The zero-order chi connectivity index (χ0) is 21.3. The summed E-state index contributed by atoms with van der Waals surface area (Å²) in [5.41, 5.74) is 0.267. The first-order valence-corrected chi connectivity index (χ1v) is 10.9. The summed E-state index contributed by atoms with van der Waals surface area (Å²) in [6.07, 6.45) is 6.11. The van der Waals surface area contributed by atoms with Gasteiger partial charge in [0.1, 0.15) is 5.75 Å². The minimum atomic E-state index is -0.847. The summed E-state index contributed by atoms with van der Waals surface area (Å²) in [5, 5.41) is 5.56. The maximum Gasteiger partial charge on any atom is 0.338 e. The van der Waals surface area contributed by atoms with E-state index in [1.807, 2.05) is 0 Å². The van der Waals surface area contributed by atoms with Gasteiger partial charge < -0.3 is 14.8 Å². The van der Waals surface area contributed by atoms with Gasteiger partial charge >= 0.3 is 12.0 Å². The molecule has 0 aliphatic heterocycles. The van der Waals surface area contributed by atoms with E-state index in [0.29, 0.717) is 35.7 Å². The third-order valence-electron chi connectivity index (χ3n) is 6.70. The van der Waals surface area contributed by atoms with Crippen molar-refractivity contribution in [2.75, 3.05) is 6.61 Å². The second-order valence-electron chi connectivity index (χ2n) is 9.15. The number of imide groups is 1. The minimum absolute atomic E-state index is 0.147. The number of carbonyl (C=O) groups excluding carboxylic acids is 3. The van der Waals surface area contributed by atoms with Gasteiger partial charge in [0.2, 0.25) is 0 Å². The fraction of sp³-hybridized carbons (Fsp3) is 0.609. The molecule has 0 saturated heterocycles. The average Bonchev–Trinajstić information content (AvgIpc) is 2.67. The van der Waals surface area contributed by atoms with Crippen molar-refractivity contribution in [1.29, 1.82) is 0 Å². The Labute approximate surface area is 176 Å². The van der Waals surface area contributed by atoms with Crippen LogP contribution in [0.5, 0.6) is 5.75 Å². The lowest BCUT2D eigenvalue weighted by molar-refractivity contribution is -0.126. The predicted molar refractivity (Wildman–Crippen MR) is 110 cm³/mol. The van der Waals surface area contributed by atoms with Crippen molar-refractivity contribution in [3.63, 3.8) is 0 Å². The molecule has 0 spiro atoms. The Morgan fingerprint density at radius 3 is 2.13 bits per heavy atom. The highest BCUT2D eigenvalue weighted by Gasteiger charge is 2.51. The molecular formula is C23H30N2O5. The molecule has 4 saturated carbocycles. The summed E-state index contributed by atoms with van der Waals surface area (Å²) < 4.78 is 10.6. The summed E-state index contributed by atoms with van der Waals surface area (Å²) in [5.74, 6) is 1.68. The lowest BCUT2D eigenvalue weighted by Gasteiger charge is -2.56. The van der Waals surface area contributed by atoms with Gasteiger partial charge in [0.15, 0.2) is 6.10 Å². The summed E-state index contributed by atoms with van der Waals surface area (Å²) in [6, 6.07) is 5.93. The number of benzene rings is 1. The number of urea groups is 1. The number of carbonyl (C=O) groups is 3. The summed E-state index contributed by atoms with van der Waals surface area (Å²) in [6.45, 7) is 3.64. The highest BCUT2D eigenvalue weighted by Crippen LogP contribution is 2.55. The quantitative estimate of drug-likeness (QED) is 0.696. The van der Waals surface area contributed by atoms with Crippen molar-refractivity contribution in [1.82, 2.24) is 10.6 Å². The van der Waals surface area contributed by atoms with Gasteiger partial charge in [-0.3, -0.25) is 10.1 Å². The number of esters is 1. The number of hydrogen-bond donors (Lipinski definition) is 2. The molecule has 1 atom stereocenters. The third-order valence-corrected chi connectivity index (χ3v) is 6.70. The molecule has 1 unspecified atom stereocenters. The van der Waals surface area contributed by atoms with Crippen molar-refractivity contribution in [2.24, 2.45) is 17.8 Å². The van der Waals surface area contributed by atoms with Gasteiger partial charge in [-0.1, -0.05) is 0 Å². The number of rotatable bonds is 6. The Kier molecular flexibility index (Phi) is 5.71. The van der Waals surface area contributed by atoms with Crippen LogP contribution in [0.25, 0.3) is 0 Å². The second kappa shape index (κ2) is 8.28. The first kappa shape index (κ1) is 20.7. The van der Waals surface area contributed by atoms with E-state index in [1.165, 1.54) is 19.3 Å². The van der Waals surface area contributed by atoms with Crippen LogP contribution in [0.4, 0.5) is 4.79 Å². The van der Waals surface area contributed by atoms with Crippen LogP contribution in [0.15, 0.2) is 24.3 Å². The highest BCUT2D eigenvalue weighted by atomic mass is 16.5. The van der Waals surface area contributed by atoms with Gasteiger partial charge in [0.05, 0.1) is 12.2 Å². The predicted octanol–water partition coefficient (Wildman–Crippen LogP) is 3.43. The summed E-state index contributed by atoms with van der Waals surface area (Å²) >= 11 is 0. The van der Waals surface area contributed by atoms with E-state index in [9.17, 15) is 14.4 Å². The Hall–Kier alpha value is -2.57. The Balaban J connectivity index is 1.28. The van der Waals surface area contributed by atoms with Crippen LogP contribution in [-0.2, 0) is 9.53 Å². The molecule has 0 aromatic heterocycles. The van der Waals surface area contributed by atoms with Gasteiger partial charge in [0.25, 0.3) is 5.91 Å². The molecular weight excluding hydrogens is 384 g/mol. The first-order valence-electron chi connectivity index (χ1n) is 10.9. The van der Waals surface area contributed by atoms with Crippen LogP contribution < -0.4 is 15.4 Å². The molecule has 7 heteroatoms. The zero-order valence-electron chi connectivity index (χ0n) is 17.6. The standard InChI is InChI=1S/C23H30N2O5/c1-3-29-21(27)18-4-6-19(7-5-18)30-14(2)20(26)24-22(28)25-23-11-15-8-16(12-23)10-17(9-15)13-23/h4-7,14-17H,3,8-13H2,1-2H3,(H2,24,25,26,28). The van der Waals surface area contributed by atoms with Crippen molar-refractivity contribution in [2.45, 2.75) is 64.0 Å². The molecule has 1 aromatic carbocycles. The van der Waals surface area contributed by atoms with E-state index in [0.717, 1.165) is 19.3 Å². The number of amides is 3. The SMILES string of the molecule is CCOC(=O)c1ccc(OC(C)C(=O)NC(=O)NC23CC4CC(CC(C4)C2)C3)cc1. The molecule has 4 aliphatic rings. The van der Waals surface area contributed by atoms with Crippen LogP contribution in [0, 0.1) is 17.8 Å². The second-order valence-corrected chi connectivity index (χ2v) is 9.15. The maximum absolute atomic E-state index is 12.5. The first-order chi connectivity index (χ1) is 14.4. The molecule has 30 heavy (non-hydrogen) atoms. The van der Waals surface area contributed by atoms with Crippen molar-refractivity contribution >= 4 is 17.9 Å². The van der Waals surface area contributed by atoms with Crippen LogP contribution in [0.2, 0.25) is 0 Å². The Morgan fingerprint density at radius 1 is 1.03 bits per heavy atom. The van der Waals surface area contributed by atoms with E-state index in [1.54, 1.807) is 38.1 Å². The average molecular weight is 415 g/mol. The fourth-order valence-corrected chi connectivity index (χ4v) is 5.89. The maximum atomic E-state index is 12.5. The van der Waals surface area contributed by atoms with Crippen molar-refractivity contribution in [3.05, 3.63) is 29.8 Å². The zero-order valence-corrected chi connectivity index (χ0v) is 17.6. The van der Waals surface area contributed by atoms with Gasteiger partial charge in [-0.2, -0.15) is 0 Å². The molecule has 4 fully saturated rings. The van der Waals surface area contributed by atoms with E-state index in [4.69, 9.17) is 9.47 Å². The topological polar surface area (TPSA) is 93.7 Å². The van der Waals surface area contributed by atoms with Crippen molar-refractivity contribution < 1.29 is 23.9 Å². The molecule has 7 nitrogen and oxygen atoms in total. The Bertz CT molecular complexity index is 784. The monoisotopic (exact) mass is 414 g/mol. The number of nitrogens with one attached hydrogen (secondary N) is 2. The molecule has 3 amide bonds. The van der Waals surface area contributed by atoms with Gasteiger partial charge in [-0.15, -0.1) is 0 Å². The number of ether oxygens (including phenoxy) is 2. The molecule has 0 radical (unpaired) electrons. The van der Waals surface area contributed by atoms with Crippen molar-refractivity contribution in [3.8, 4) is 5.75 Å². The van der Waals surface area contributed by atoms with E-state index < -0.39 is 24.0 Å². The van der Waals surface area contributed by atoms with Crippen LogP contribution in [0.1, 0.15) is 62.7 Å². The lowest BCUT2D eigenvalue weighted by Crippen LogP contribution is -2.62. The smallest absolute Gasteiger partial charge is 0.338 e. The number of hydrogen-bond acceptors (Lipinski definition) is 5. The molecule has 5 rings (SSSR count). The molecule has 4 aliphatic carbocycles. The van der Waals surface area contributed by atoms with E-state index in [2.05, 4.69) is 10.6 Å². The lowest BCUT2D eigenvalue weighted by atomic mass is 9.53. The van der Waals surface area contributed by atoms with Crippen LogP contribution in [0.3, 0.4) is 0 Å². The molecule has 1 aromatic rings. The van der Waals surface area contributed by atoms with Gasteiger partial charge in [0, 0.05) is 5.54 Å². The molecule has 162 valence electrons. The van der Waals surface area contributed by atoms with E-state index in [-0.39, 0.29) is 5.54 Å². The van der Waals surface area contributed by atoms with Gasteiger partial charge in [-0.05, 0) is 94.4 Å². The van der Waals surface area contributed by atoms with E-state index >= 15 is 0 Å². The molecule has 2 N–H and O–H groups in total. The van der Waals surface area contributed by atoms with Gasteiger partial charge in [-0.25, -0.2) is 9.59 Å². The Morgan fingerprint density at radius 2 is 1.60 bits per heavy atom. The van der Waals surface area contributed by atoms with Crippen LogP contribution >= 0.6 is 0 Å². The highest BCUT2D eigenvalue weighted by molar-refractivity contribution is 5.96. The minimum Gasteiger partial charge on any atom is -0.481 e. The summed E-state index contributed by atoms with van der Waals surface area (Å²) in [4.78, 5) is 36.7. The molecule has 0 heterocycles. The largest absolute Gasteiger partial charge is 0.481 e. The normalized spacial score (nSPS) is 29.7. The van der Waals surface area contributed by atoms with Crippen LogP contribution in [-0.4, -0.2) is 36.2 Å². The molecule has 4 bridgehead atoms. The third kappa shape index (κ3) is 4.45. The fourth-order valence-electron chi connectivity index (χ4n) is 5.89.